The van der Waals surface area contributed by atoms with Crippen LogP contribution in [-0.2, 0) is 6.54 Å². The Balaban J connectivity index is 1.76. The summed E-state index contributed by atoms with van der Waals surface area (Å²) >= 11 is 0. The molecule has 0 fully saturated rings. The summed E-state index contributed by atoms with van der Waals surface area (Å²) in [6.07, 6.45) is 8.10. The van der Waals surface area contributed by atoms with E-state index < -0.39 is 5.43 Å². The van der Waals surface area contributed by atoms with E-state index in [0.717, 1.165) is 22.9 Å². The minimum absolute atomic E-state index is 0.248. The fourth-order valence-electron chi connectivity index (χ4n) is 4.17. The highest BCUT2D eigenvalue weighted by Crippen LogP contribution is 2.42. The predicted molar refractivity (Wildman–Crippen MR) is 108 cm³/mol. The van der Waals surface area contributed by atoms with Gasteiger partial charge in [0.15, 0.2) is 11.6 Å². The van der Waals surface area contributed by atoms with Gasteiger partial charge in [0.2, 0.25) is 5.43 Å². The largest absolute Gasteiger partial charge is 0.503 e. The summed E-state index contributed by atoms with van der Waals surface area (Å²) in [4.78, 5) is 20.8. The molecule has 0 radical (unpaired) electrons. The molecule has 1 N–H and O–H groups in total. The second kappa shape index (κ2) is 6.91. The molecule has 2 atom stereocenters. The van der Waals surface area contributed by atoms with Crippen molar-refractivity contribution < 1.29 is 9.50 Å². The van der Waals surface area contributed by atoms with Crippen molar-refractivity contribution in [2.75, 3.05) is 0 Å². The van der Waals surface area contributed by atoms with Gasteiger partial charge in [-0.2, -0.15) is 5.10 Å². The number of aromatic nitrogens is 5. The van der Waals surface area contributed by atoms with Gasteiger partial charge in [-0.15, -0.1) is 0 Å². The number of benzene rings is 1. The molecule has 0 amide bonds. The number of rotatable bonds is 3. The van der Waals surface area contributed by atoms with Crippen LogP contribution >= 0.6 is 0 Å². The molecule has 1 aliphatic rings. The van der Waals surface area contributed by atoms with E-state index in [9.17, 15) is 14.3 Å². The van der Waals surface area contributed by atoms with E-state index in [-0.39, 0.29) is 29.2 Å². The summed E-state index contributed by atoms with van der Waals surface area (Å²) < 4.78 is 17.2. The Bertz CT molecular complexity index is 1300. The lowest BCUT2D eigenvalue weighted by molar-refractivity contribution is 0.331. The van der Waals surface area contributed by atoms with Crippen LogP contribution < -0.4 is 5.43 Å². The third-order valence-electron chi connectivity index (χ3n) is 5.48. The lowest BCUT2D eigenvalue weighted by atomic mass is 9.84. The fraction of sp³-hybridized carbons (Fsp3) is 0.182. The van der Waals surface area contributed by atoms with E-state index in [1.807, 2.05) is 17.6 Å². The zero-order chi connectivity index (χ0) is 20.8. The number of aromatic hydroxyl groups is 1. The topological polar surface area (TPSA) is 85.8 Å². The van der Waals surface area contributed by atoms with Crippen molar-refractivity contribution in [3.63, 3.8) is 0 Å². The van der Waals surface area contributed by atoms with Crippen LogP contribution in [0.1, 0.15) is 28.7 Å². The average Bonchev–Trinajstić information content (AvgIpc) is 3.20. The molecule has 0 spiro atoms. The van der Waals surface area contributed by atoms with E-state index in [0.29, 0.717) is 12.4 Å². The van der Waals surface area contributed by atoms with Gasteiger partial charge in [-0.25, -0.2) is 9.37 Å². The summed E-state index contributed by atoms with van der Waals surface area (Å²) in [5.74, 6) is -0.474. The van der Waals surface area contributed by atoms with E-state index in [1.165, 1.54) is 12.1 Å². The Morgan fingerprint density at radius 1 is 1.17 bits per heavy atom. The van der Waals surface area contributed by atoms with E-state index in [4.69, 9.17) is 0 Å². The Morgan fingerprint density at radius 3 is 2.73 bits per heavy atom. The molecule has 150 valence electrons. The number of pyridine rings is 1. The van der Waals surface area contributed by atoms with Crippen LogP contribution in [0.25, 0.3) is 11.5 Å². The van der Waals surface area contributed by atoms with Gasteiger partial charge in [-0.1, -0.05) is 18.2 Å². The molecule has 1 aliphatic heterocycles. The van der Waals surface area contributed by atoms with Crippen molar-refractivity contribution in [1.82, 2.24) is 24.3 Å². The molecule has 4 aromatic rings. The third kappa shape index (κ3) is 2.88. The van der Waals surface area contributed by atoms with Crippen molar-refractivity contribution >= 4 is 0 Å². The first-order valence-electron chi connectivity index (χ1n) is 9.52. The molecule has 0 aliphatic carbocycles. The first kappa shape index (κ1) is 18.2. The van der Waals surface area contributed by atoms with Gasteiger partial charge in [-0.05, 0) is 35.7 Å². The van der Waals surface area contributed by atoms with Gasteiger partial charge >= 0.3 is 0 Å². The Kier molecular flexibility index (Phi) is 4.20. The van der Waals surface area contributed by atoms with Crippen molar-refractivity contribution in [1.29, 1.82) is 0 Å². The van der Waals surface area contributed by atoms with Crippen LogP contribution in [-0.4, -0.2) is 29.4 Å². The molecule has 1 aromatic carbocycles. The summed E-state index contributed by atoms with van der Waals surface area (Å²) in [5.41, 5.74) is 2.52. The van der Waals surface area contributed by atoms with Crippen LogP contribution in [0, 0.1) is 12.7 Å². The number of nitrogens with zero attached hydrogens (tertiary/aromatic N) is 5. The number of hydrogen-bond donors (Lipinski definition) is 1. The number of imidazole rings is 1. The van der Waals surface area contributed by atoms with E-state index in [2.05, 4.69) is 15.1 Å². The number of aryl methyl sites for hydroxylation is 1. The minimum atomic E-state index is -0.563. The first-order valence-corrected chi connectivity index (χ1v) is 9.52. The molecule has 7 nitrogen and oxygen atoms in total. The van der Waals surface area contributed by atoms with Crippen molar-refractivity contribution in [3.05, 3.63) is 94.0 Å². The molecule has 3 aromatic heterocycles. The maximum Gasteiger partial charge on any atom is 0.242 e. The van der Waals surface area contributed by atoms with Crippen molar-refractivity contribution in [2.45, 2.75) is 25.4 Å². The molecular formula is C22H18FN5O2. The van der Waals surface area contributed by atoms with Crippen LogP contribution in [0.5, 0.6) is 5.75 Å². The van der Waals surface area contributed by atoms with Gasteiger partial charge in [0.1, 0.15) is 11.5 Å². The van der Waals surface area contributed by atoms with Crippen molar-refractivity contribution in [2.24, 2.45) is 0 Å². The highest BCUT2D eigenvalue weighted by atomic mass is 19.1. The Hall–Kier alpha value is -3.81. The molecular weight excluding hydrogens is 385 g/mol. The molecule has 8 heteroatoms. The second-order valence-corrected chi connectivity index (χ2v) is 7.45. The lowest BCUT2D eigenvalue weighted by Gasteiger charge is -2.34. The van der Waals surface area contributed by atoms with E-state index >= 15 is 0 Å². The summed E-state index contributed by atoms with van der Waals surface area (Å²) in [7, 11) is 0. The average molecular weight is 403 g/mol. The van der Waals surface area contributed by atoms with Gasteiger partial charge in [0, 0.05) is 37.3 Å². The summed E-state index contributed by atoms with van der Waals surface area (Å²) in [6.45, 7) is 2.47. The molecule has 4 heterocycles. The molecule has 0 saturated carbocycles. The standard InChI is InChI=1S/C22H18FN5O2/c1-13-8-15(10-24-9-13)19(14-2-4-16(23)5-3-14)17-12-27-7-6-25-22(27)20-21(30)18(29)11-26-28(17)20/h2-11,17,19,30H,12H2,1H3/t17-,19-/m1/s1. The summed E-state index contributed by atoms with van der Waals surface area (Å²) in [6, 6.07) is 8.07. The van der Waals surface area contributed by atoms with E-state index in [1.54, 1.807) is 41.6 Å². The quantitative estimate of drug-likeness (QED) is 0.568. The Labute approximate surface area is 171 Å². The monoisotopic (exact) mass is 403 g/mol. The highest BCUT2D eigenvalue weighted by molar-refractivity contribution is 5.60. The minimum Gasteiger partial charge on any atom is -0.503 e. The molecule has 30 heavy (non-hydrogen) atoms. The van der Waals surface area contributed by atoms with Crippen LogP contribution in [0.3, 0.4) is 0 Å². The highest BCUT2D eigenvalue weighted by Gasteiger charge is 2.35. The predicted octanol–water partition coefficient (Wildman–Crippen LogP) is 3.04. The van der Waals surface area contributed by atoms with Gasteiger partial charge < -0.3 is 9.67 Å². The van der Waals surface area contributed by atoms with Crippen molar-refractivity contribution in [3.8, 4) is 17.3 Å². The second-order valence-electron chi connectivity index (χ2n) is 7.45. The normalized spacial score (nSPS) is 16.0. The number of fused-ring (bicyclic) bond motifs is 3. The first-order chi connectivity index (χ1) is 14.5. The summed E-state index contributed by atoms with van der Waals surface area (Å²) in [5, 5.41) is 14.9. The Morgan fingerprint density at radius 2 is 1.97 bits per heavy atom. The molecule has 0 unspecified atom stereocenters. The third-order valence-corrected chi connectivity index (χ3v) is 5.48. The van der Waals surface area contributed by atoms with Gasteiger partial charge in [-0.3, -0.25) is 14.5 Å². The van der Waals surface area contributed by atoms with Crippen LogP contribution in [0.4, 0.5) is 4.39 Å². The van der Waals surface area contributed by atoms with Crippen LogP contribution in [0.2, 0.25) is 0 Å². The molecule has 0 saturated heterocycles. The molecule has 5 rings (SSSR count). The number of halogens is 1. The maximum absolute atomic E-state index is 13.6. The zero-order valence-corrected chi connectivity index (χ0v) is 16.1. The van der Waals surface area contributed by atoms with Gasteiger partial charge in [0.25, 0.3) is 0 Å². The molecule has 0 bridgehead atoms. The van der Waals surface area contributed by atoms with Gasteiger partial charge in [0.05, 0.1) is 12.2 Å². The fourth-order valence-corrected chi connectivity index (χ4v) is 4.17. The number of hydrogen-bond acceptors (Lipinski definition) is 5. The maximum atomic E-state index is 13.6. The SMILES string of the molecule is Cc1cncc([C@@H](c2ccc(F)cc2)[C@H]2Cn3ccnc3-c3c(O)c(=O)cnn32)c1. The zero-order valence-electron chi connectivity index (χ0n) is 16.1. The lowest BCUT2D eigenvalue weighted by Crippen LogP contribution is -2.32. The van der Waals surface area contributed by atoms with Crippen LogP contribution in [0.15, 0.2) is 66.1 Å². The smallest absolute Gasteiger partial charge is 0.242 e.